The van der Waals surface area contributed by atoms with Crippen LogP contribution in [0.3, 0.4) is 0 Å². The maximum absolute atomic E-state index is 4.39. The molecule has 0 N–H and O–H groups in total. The van der Waals surface area contributed by atoms with Crippen LogP contribution in [0.2, 0.25) is 10.5 Å². The molecule has 4 aromatic carbocycles. The van der Waals surface area contributed by atoms with Gasteiger partial charge in [0.25, 0.3) is 0 Å². The fraction of sp³-hybridized carbons (Fsp3) is 0.450. The molecule has 2 radical (unpaired) electrons. The zero-order valence-corrected chi connectivity index (χ0v) is 32.2. The number of nitrogens with zero attached hydrogens (tertiary/aromatic N) is 4. The van der Waals surface area contributed by atoms with Crippen molar-refractivity contribution in [2.75, 3.05) is 26.2 Å². The molecule has 254 valence electrons. The SMILES string of the molecule is CCCCC[CH2][Ge][CH2]CCCCC.Cl.Cl.c1ccc2c(CC3=NCC[N-]3)cccc2c1.c1ccc2c(CC3=NCC[N-]3)cccc2c1. The van der Waals surface area contributed by atoms with Crippen molar-refractivity contribution >= 4 is 73.5 Å². The van der Waals surface area contributed by atoms with Gasteiger partial charge in [0.15, 0.2) is 0 Å². The molecule has 0 saturated heterocycles. The minimum absolute atomic E-state index is 0. The number of hydrogen-bond donors (Lipinski definition) is 0. The van der Waals surface area contributed by atoms with Gasteiger partial charge in [-0.2, -0.15) is 0 Å². The topological polar surface area (TPSA) is 52.9 Å². The van der Waals surface area contributed by atoms with E-state index >= 15 is 0 Å². The molecule has 0 unspecified atom stereocenters. The van der Waals surface area contributed by atoms with Crippen molar-refractivity contribution in [3.8, 4) is 0 Å². The first-order valence-corrected chi connectivity index (χ1v) is 20.3. The molecule has 0 aromatic heterocycles. The second kappa shape index (κ2) is 24.6. The van der Waals surface area contributed by atoms with Gasteiger partial charge < -0.3 is 20.6 Å². The van der Waals surface area contributed by atoms with Crippen LogP contribution in [0.4, 0.5) is 0 Å². The van der Waals surface area contributed by atoms with Crippen molar-refractivity contribution in [2.45, 2.75) is 88.6 Å². The average molecular weight is 734 g/mol. The Bertz CT molecular complexity index is 1370. The summed E-state index contributed by atoms with van der Waals surface area (Å²) < 4.78 is 0. The molecule has 0 aliphatic carbocycles. The van der Waals surface area contributed by atoms with Crippen LogP contribution in [0.5, 0.6) is 0 Å². The zero-order valence-electron chi connectivity index (χ0n) is 28.5. The second-order valence-corrected chi connectivity index (χ2v) is 15.0. The number of fused-ring (bicyclic) bond motifs is 2. The van der Waals surface area contributed by atoms with Crippen molar-refractivity contribution in [3.63, 3.8) is 0 Å². The Balaban J connectivity index is 0.000000242. The van der Waals surface area contributed by atoms with Gasteiger partial charge in [-0.1, -0.05) is 123 Å². The van der Waals surface area contributed by atoms with Gasteiger partial charge in [0.05, 0.1) is 0 Å². The maximum Gasteiger partial charge on any atom is -0.0103 e. The Kier molecular flexibility index (Phi) is 21.3. The van der Waals surface area contributed by atoms with E-state index in [2.05, 4.69) is 119 Å². The van der Waals surface area contributed by atoms with Crippen molar-refractivity contribution in [3.05, 3.63) is 107 Å². The van der Waals surface area contributed by atoms with E-state index in [1.54, 1.807) is 10.5 Å². The van der Waals surface area contributed by atoms with E-state index in [4.69, 9.17) is 0 Å². The van der Waals surface area contributed by atoms with E-state index in [0.717, 1.165) is 50.7 Å². The fourth-order valence-corrected chi connectivity index (χ4v) is 8.37. The van der Waals surface area contributed by atoms with Gasteiger partial charge in [-0.15, -0.1) is 24.8 Å². The normalized spacial score (nSPS) is 13.1. The van der Waals surface area contributed by atoms with Crippen molar-refractivity contribution in [2.24, 2.45) is 9.98 Å². The van der Waals surface area contributed by atoms with Gasteiger partial charge >= 0.3 is 91.2 Å². The average Bonchev–Trinajstić information content (AvgIpc) is 3.80. The molecule has 0 saturated carbocycles. The summed E-state index contributed by atoms with van der Waals surface area (Å²) in [5.74, 6) is 1.99. The largest absolute Gasteiger partial charge is 0.469 e. The molecule has 4 nitrogen and oxygen atoms in total. The van der Waals surface area contributed by atoms with Crippen LogP contribution < -0.4 is 0 Å². The van der Waals surface area contributed by atoms with Crippen molar-refractivity contribution < 1.29 is 0 Å². The molecule has 6 rings (SSSR count). The Hall–Kier alpha value is -2.54. The van der Waals surface area contributed by atoms with Gasteiger partial charge in [0, 0.05) is 0 Å². The Morgan fingerprint density at radius 2 is 0.957 bits per heavy atom. The molecule has 4 aromatic rings. The molecule has 2 heterocycles. The summed E-state index contributed by atoms with van der Waals surface area (Å²) in [7, 11) is 0. The monoisotopic (exact) mass is 734 g/mol. The second-order valence-electron chi connectivity index (χ2n) is 11.9. The number of halogens is 2. The molecule has 0 atom stereocenters. The van der Waals surface area contributed by atoms with Crippen LogP contribution in [-0.2, 0) is 12.8 Å². The standard InChI is InChI=1S/2C14H13N2.C12H26Ge.2ClH/c2*1-2-7-13-11(4-1)5-3-6-12(13)10-14-15-8-9-16-14;1-3-5-7-9-11-13-12-10-8-6-4-2;;/h2*1-7H,8-10H2;3-12H2,1-2H3;2*1H/q2*-1;;;. The summed E-state index contributed by atoms with van der Waals surface area (Å²) in [6, 6.07) is 29.8. The first-order chi connectivity index (χ1) is 22.3. The van der Waals surface area contributed by atoms with Gasteiger partial charge in [-0.05, 0) is 45.5 Å². The van der Waals surface area contributed by atoms with E-state index in [1.165, 1.54) is 84.0 Å². The third-order valence-corrected chi connectivity index (χ3v) is 11.2. The zero-order chi connectivity index (χ0) is 31.4. The fourth-order valence-electron chi connectivity index (χ4n) is 5.75. The predicted molar refractivity (Wildman–Crippen MR) is 215 cm³/mol. The summed E-state index contributed by atoms with van der Waals surface area (Å²) in [5, 5.41) is 17.2. The third-order valence-electron chi connectivity index (χ3n) is 8.25. The summed E-state index contributed by atoms with van der Waals surface area (Å²) in [4.78, 5) is 8.78. The van der Waals surface area contributed by atoms with Crippen LogP contribution in [0, 0.1) is 0 Å². The number of unbranched alkanes of at least 4 members (excludes halogenated alkanes) is 6. The van der Waals surface area contributed by atoms with Gasteiger partial charge in [-0.25, -0.2) is 0 Å². The van der Waals surface area contributed by atoms with Crippen LogP contribution in [0.25, 0.3) is 32.2 Å². The summed E-state index contributed by atoms with van der Waals surface area (Å²) in [6.45, 7) is 8.03. The Morgan fingerprint density at radius 1 is 0.532 bits per heavy atom. The molecule has 47 heavy (non-hydrogen) atoms. The van der Waals surface area contributed by atoms with Gasteiger partial charge in [0.2, 0.25) is 0 Å². The minimum atomic E-state index is 0. The van der Waals surface area contributed by atoms with Crippen LogP contribution in [0.1, 0.15) is 76.3 Å². The van der Waals surface area contributed by atoms with E-state index in [0.29, 0.717) is 15.4 Å². The number of rotatable bonds is 14. The molecular formula is C40H54Cl2GeN4-2. The summed E-state index contributed by atoms with van der Waals surface area (Å²) in [6.07, 6.45) is 13.5. The molecular weight excluding hydrogens is 680 g/mol. The smallest absolute Gasteiger partial charge is 0.0103 e. The molecule has 0 fully saturated rings. The molecule has 0 spiro atoms. The van der Waals surface area contributed by atoms with E-state index in [1.807, 2.05) is 0 Å². The van der Waals surface area contributed by atoms with Gasteiger partial charge in [0.1, 0.15) is 0 Å². The first-order valence-electron chi connectivity index (χ1n) is 17.3. The van der Waals surface area contributed by atoms with Crippen LogP contribution >= 0.6 is 24.8 Å². The van der Waals surface area contributed by atoms with E-state index in [9.17, 15) is 0 Å². The quantitative estimate of drug-likeness (QED) is 0.0915. The van der Waals surface area contributed by atoms with Crippen LogP contribution in [0.15, 0.2) is 94.9 Å². The molecule has 0 amide bonds. The predicted octanol–water partition coefficient (Wildman–Crippen LogP) is 11.9. The Morgan fingerprint density at radius 3 is 1.36 bits per heavy atom. The summed E-state index contributed by atoms with van der Waals surface area (Å²) in [5.41, 5.74) is 2.64. The van der Waals surface area contributed by atoms with Crippen molar-refractivity contribution in [1.82, 2.24) is 0 Å². The number of hydrogen-bond acceptors (Lipinski definition) is 2. The Labute approximate surface area is 303 Å². The molecule has 2 aliphatic rings. The van der Waals surface area contributed by atoms with E-state index in [-0.39, 0.29) is 24.8 Å². The minimum Gasteiger partial charge on any atom is -0.469 e. The maximum atomic E-state index is 4.39. The number of benzene rings is 4. The number of amidine groups is 2. The van der Waals surface area contributed by atoms with E-state index < -0.39 is 0 Å². The van der Waals surface area contributed by atoms with Crippen molar-refractivity contribution in [1.29, 1.82) is 0 Å². The molecule has 0 bridgehead atoms. The number of aliphatic imine (C=N–C) groups is 2. The summed E-state index contributed by atoms with van der Waals surface area (Å²) >= 11 is 0.468. The molecule has 2 aliphatic heterocycles. The first kappa shape index (κ1) is 40.6. The molecule has 7 heteroatoms. The van der Waals surface area contributed by atoms with Gasteiger partial charge in [-0.3, -0.25) is 0 Å². The van der Waals surface area contributed by atoms with Crippen LogP contribution in [-0.4, -0.2) is 53.3 Å². The third kappa shape index (κ3) is 14.6.